The van der Waals surface area contributed by atoms with Crippen molar-refractivity contribution in [3.8, 4) is 5.75 Å². The van der Waals surface area contributed by atoms with Gasteiger partial charge in [0.05, 0.1) is 0 Å². The molecule has 0 aromatic heterocycles. The Hall–Kier alpha value is -1.80. The zero-order valence-electron chi connectivity index (χ0n) is 12.5. The largest absolute Gasteiger partial charge is 0.489 e. The van der Waals surface area contributed by atoms with Crippen molar-refractivity contribution in [2.24, 2.45) is 5.41 Å². The number of halogens is 1. The van der Waals surface area contributed by atoms with Crippen molar-refractivity contribution in [1.82, 2.24) is 0 Å². The molecule has 2 nitrogen and oxygen atoms in total. The Morgan fingerprint density at radius 2 is 1.76 bits per heavy atom. The van der Waals surface area contributed by atoms with E-state index in [9.17, 15) is 4.79 Å². The number of carbonyl (C=O) groups is 1. The normalized spacial score (nSPS) is 11.2. The molecular formula is C18H19ClO2. The Bertz CT molecular complexity index is 624. The summed E-state index contributed by atoms with van der Waals surface area (Å²) in [5.41, 5.74) is 1.38. The van der Waals surface area contributed by atoms with Crippen LogP contribution >= 0.6 is 11.6 Å². The Balaban J connectivity index is 2.01. The van der Waals surface area contributed by atoms with E-state index in [1.54, 1.807) is 12.1 Å². The van der Waals surface area contributed by atoms with E-state index < -0.39 is 0 Å². The Morgan fingerprint density at radius 3 is 2.33 bits per heavy atom. The van der Waals surface area contributed by atoms with Crippen LogP contribution in [0, 0.1) is 5.41 Å². The molecule has 2 rings (SSSR count). The summed E-state index contributed by atoms with van der Waals surface area (Å²) in [6.07, 6.45) is 0. The first-order valence-corrected chi connectivity index (χ1v) is 7.26. The van der Waals surface area contributed by atoms with E-state index in [1.807, 2.05) is 57.2 Å². The molecule has 0 fully saturated rings. The smallest absolute Gasteiger partial charge is 0.168 e. The molecule has 0 amide bonds. The van der Waals surface area contributed by atoms with Gasteiger partial charge in [-0.15, -0.1) is 0 Å². The lowest BCUT2D eigenvalue weighted by molar-refractivity contribution is 0.0858. The summed E-state index contributed by atoms with van der Waals surface area (Å²) in [7, 11) is 0. The summed E-state index contributed by atoms with van der Waals surface area (Å²) in [5.74, 6) is 0.877. The van der Waals surface area contributed by atoms with Crippen molar-refractivity contribution in [2.75, 3.05) is 0 Å². The molecule has 3 heteroatoms. The first kappa shape index (κ1) is 15.6. The van der Waals surface area contributed by atoms with Gasteiger partial charge in [0.25, 0.3) is 0 Å². The van der Waals surface area contributed by atoms with Gasteiger partial charge in [0.1, 0.15) is 12.4 Å². The highest BCUT2D eigenvalue weighted by atomic mass is 35.5. The molecule has 0 aliphatic heterocycles. The van der Waals surface area contributed by atoms with Crippen molar-refractivity contribution >= 4 is 17.4 Å². The molecule has 110 valence electrons. The maximum atomic E-state index is 12.1. The molecule has 0 atom stereocenters. The summed E-state index contributed by atoms with van der Waals surface area (Å²) in [6.45, 7) is 6.22. The lowest BCUT2D eigenvalue weighted by Gasteiger charge is -2.16. The van der Waals surface area contributed by atoms with E-state index in [0.717, 1.165) is 16.9 Å². The molecule has 2 aromatic rings. The molecule has 2 aromatic carbocycles. The number of ketones is 1. The van der Waals surface area contributed by atoms with Gasteiger partial charge in [-0.05, 0) is 23.8 Å². The molecule has 0 spiro atoms. The van der Waals surface area contributed by atoms with Crippen LogP contribution in [0.1, 0.15) is 36.7 Å². The third-order valence-corrected chi connectivity index (χ3v) is 3.33. The second-order valence-corrected chi connectivity index (χ2v) is 6.46. The predicted molar refractivity (Wildman–Crippen MR) is 86.0 cm³/mol. The van der Waals surface area contributed by atoms with Gasteiger partial charge < -0.3 is 4.74 Å². The zero-order chi connectivity index (χ0) is 15.5. The highest BCUT2D eigenvalue weighted by Gasteiger charge is 2.22. The van der Waals surface area contributed by atoms with Crippen molar-refractivity contribution in [3.63, 3.8) is 0 Å². The van der Waals surface area contributed by atoms with Gasteiger partial charge in [-0.1, -0.05) is 62.7 Å². The molecule has 0 aliphatic rings. The maximum Gasteiger partial charge on any atom is 0.168 e. The van der Waals surface area contributed by atoms with E-state index in [-0.39, 0.29) is 11.2 Å². The van der Waals surface area contributed by atoms with E-state index in [0.29, 0.717) is 11.6 Å². The minimum atomic E-state index is -0.362. The minimum Gasteiger partial charge on any atom is -0.489 e. The van der Waals surface area contributed by atoms with Gasteiger partial charge in [-0.25, -0.2) is 0 Å². The fraction of sp³-hybridized carbons (Fsp3) is 0.278. The number of hydrogen-bond donors (Lipinski definition) is 0. The number of carbonyl (C=O) groups excluding carboxylic acids is 1. The Labute approximate surface area is 130 Å². The first-order valence-electron chi connectivity index (χ1n) is 6.88. The summed E-state index contributed by atoms with van der Waals surface area (Å²) >= 11 is 5.91. The molecule has 0 unspecified atom stereocenters. The molecule has 0 heterocycles. The van der Waals surface area contributed by atoms with Gasteiger partial charge in [0.2, 0.25) is 0 Å². The molecule has 0 radical (unpaired) electrons. The summed E-state index contributed by atoms with van der Waals surface area (Å²) < 4.78 is 5.67. The minimum absolute atomic E-state index is 0.143. The Morgan fingerprint density at radius 1 is 1.10 bits per heavy atom. The van der Waals surface area contributed by atoms with Gasteiger partial charge in [0, 0.05) is 16.0 Å². The molecule has 0 saturated carbocycles. The third kappa shape index (κ3) is 4.33. The second kappa shape index (κ2) is 6.31. The van der Waals surface area contributed by atoms with Gasteiger partial charge in [-0.3, -0.25) is 4.79 Å². The average Bonchev–Trinajstić information content (AvgIpc) is 2.44. The van der Waals surface area contributed by atoms with E-state index >= 15 is 0 Å². The second-order valence-electron chi connectivity index (χ2n) is 6.02. The summed E-state index contributed by atoms with van der Waals surface area (Å²) in [4.78, 5) is 12.1. The maximum absolute atomic E-state index is 12.1. The predicted octanol–water partition coefficient (Wildman–Crippen LogP) is 5.15. The van der Waals surface area contributed by atoms with Gasteiger partial charge in [0.15, 0.2) is 5.78 Å². The van der Waals surface area contributed by atoms with Crippen molar-refractivity contribution in [1.29, 1.82) is 0 Å². The molecule has 0 N–H and O–H groups in total. The van der Waals surface area contributed by atoms with E-state index in [2.05, 4.69) is 0 Å². The lowest BCUT2D eigenvalue weighted by Crippen LogP contribution is -2.20. The van der Waals surface area contributed by atoms with E-state index in [1.165, 1.54) is 0 Å². The number of rotatable bonds is 4. The van der Waals surface area contributed by atoms with Crippen LogP contribution in [-0.4, -0.2) is 5.78 Å². The molecule has 0 bridgehead atoms. The number of ether oxygens (including phenoxy) is 1. The van der Waals surface area contributed by atoms with Crippen LogP contribution in [-0.2, 0) is 6.61 Å². The van der Waals surface area contributed by atoms with Gasteiger partial charge >= 0.3 is 0 Å². The molecular weight excluding hydrogens is 284 g/mol. The summed E-state index contributed by atoms with van der Waals surface area (Å²) in [6, 6.07) is 14.8. The topological polar surface area (TPSA) is 26.3 Å². The van der Waals surface area contributed by atoms with Crippen LogP contribution in [0.4, 0.5) is 0 Å². The monoisotopic (exact) mass is 302 g/mol. The fourth-order valence-corrected chi connectivity index (χ4v) is 2.09. The molecule has 0 saturated heterocycles. The van der Waals surface area contributed by atoms with Crippen LogP contribution in [0.15, 0.2) is 48.5 Å². The number of benzene rings is 2. The van der Waals surface area contributed by atoms with Gasteiger partial charge in [-0.2, -0.15) is 0 Å². The van der Waals surface area contributed by atoms with Crippen LogP contribution in [0.25, 0.3) is 0 Å². The summed E-state index contributed by atoms with van der Waals surface area (Å²) in [5, 5.41) is 0.652. The lowest BCUT2D eigenvalue weighted by atomic mass is 9.86. The zero-order valence-corrected chi connectivity index (χ0v) is 13.3. The molecule has 0 aliphatic carbocycles. The van der Waals surface area contributed by atoms with E-state index in [4.69, 9.17) is 16.3 Å². The number of hydrogen-bond acceptors (Lipinski definition) is 2. The quantitative estimate of drug-likeness (QED) is 0.730. The highest BCUT2D eigenvalue weighted by Crippen LogP contribution is 2.22. The first-order chi connectivity index (χ1) is 9.86. The van der Waals surface area contributed by atoms with Crippen LogP contribution in [0.5, 0.6) is 5.75 Å². The van der Waals surface area contributed by atoms with Crippen LogP contribution in [0.3, 0.4) is 0 Å². The van der Waals surface area contributed by atoms with Crippen molar-refractivity contribution < 1.29 is 9.53 Å². The SMILES string of the molecule is CC(C)(C)C(=O)c1ccc(COc2cccc(Cl)c2)cc1. The third-order valence-electron chi connectivity index (χ3n) is 3.10. The van der Waals surface area contributed by atoms with Crippen LogP contribution < -0.4 is 4.74 Å². The standard InChI is InChI=1S/C18H19ClO2/c1-18(2,3)17(20)14-9-7-13(8-10-14)12-21-16-6-4-5-15(19)11-16/h4-11H,12H2,1-3H3. The van der Waals surface area contributed by atoms with Crippen molar-refractivity contribution in [3.05, 3.63) is 64.7 Å². The van der Waals surface area contributed by atoms with Crippen LogP contribution in [0.2, 0.25) is 5.02 Å². The fourth-order valence-electron chi connectivity index (χ4n) is 1.91. The Kier molecular flexibility index (Phi) is 4.69. The number of Topliss-reactive ketones (excluding diaryl/α,β-unsaturated/α-hetero) is 1. The highest BCUT2D eigenvalue weighted by molar-refractivity contribution is 6.30. The molecule has 21 heavy (non-hydrogen) atoms. The van der Waals surface area contributed by atoms with Crippen molar-refractivity contribution in [2.45, 2.75) is 27.4 Å². The average molecular weight is 303 g/mol.